The van der Waals surface area contributed by atoms with Gasteiger partial charge in [0.1, 0.15) is 6.61 Å². The molecule has 1 rings (SSSR count). The highest BCUT2D eigenvalue weighted by Gasteiger charge is 1.92. The minimum Gasteiger partial charge on any atom is -0.494 e. The van der Waals surface area contributed by atoms with Gasteiger partial charge in [0.05, 0.1) is 5.76 Å². The van der Waals surface area contributed by atoms with Crippen molar-refractivity contribution in [3.05, 3.63) is 42.2 Å². The number of rotatable bonds is 3. The Morgan fingerprint density at radius 2 is 1.79 bits per heavy atom. The molecule has 0 fully saturated rings. The van der Waals surface area contributed by atoms with Crippen molar-refractivity contribution in [3.8, 4) is 0 Å². The Labute approximate surface area is 86.4 Å². The molecule has 0 radical (unpaired) electrons. The van der Waals surface area contributed by atoms with Crippen molar-refractivity contribution < 1.29 is 4.74 Å². The second-order valence-corrected chi connectivity index (χ2v) is 2.73. The lowest BCUT2D eigenvalue weighted by Gasteiger charge is -2.04. The Bertz CT molecular complexity index is 264. The summed E-state index contributed by atoms with van der Waals surface area (Å²) < 4.78 is 5.23. The predicted octanol–water partition coefficient (Wildman–Crippen LogP) is 3.35. The van der Waals surface area contributed by atoms with Crippen LogP contribution in [-0.2, 0) is 11.3 Å². The number of nitrogens with two attached hydrogens (primary N) is 1. The average molecular weight is 193 g/mol. The van der Waals surface area contributed by atoms with Crippen LogP contribution in [-0.4, -0.2) is 0 Å². The van der Waals surface area contributed by atoms with Gasteiger partial charge in [0.2, 0.25) is 0 Å². The largest absolute Gasteiger partial charge is 0.494 e. The highest BCUT2D eigenvalue weighted by Crippen LogP contribution is 2.07. The van der Waals surface area contributed by atoms with Crippen LogP contribution in [0, 0.1) is 0 Å². The average Bonchev–Trinajstić information content (AvgIpc) is 2.20. The summed E-state index contributed by atoms with van der Waals surface area (Å²) in [4.78, 5) is 0. The molecule has 2 heteroatoms. The molecule has 0 unspecified atom stereocenters. The van der Waals surface area contributed by atoms with Gasteiger partial charge in [-0.05, 0) is 24.6 Å². The van der Waals surface area contributed by atoms with E-state index < -0.39 is 0 Å². The summed E-state index contributed by atoms with van der Waals surface area (Å²) in [6, 6.07) is 7.60. The first-order valence-electron chi connectivity index (χ1n) is 4.81. The maximum absolute atomic E-state index is 5.52. The molecule has 0 spiro atoms. The molecule has 2 N–H and O–H groups in total. The second-order valence-electron chi connectivity index (χ2n) is 2.73. The summed E-state index contributed by atoms with van der Waals surface area (Å²) in [5.41, 5.74) is 7.40. The molecular weight excluding hydrogens is 174 g/mol. The number of benzene rings is 1. The van der Waals surface area contributed by atoms with E-state index >= 15 is 0 Å². The van der Waals surface area contributed by atoms with E-state index in [0.29, 0.717) is 6.61 Å². The lowest BCUT2D eigenvalue weighted by Crippen LogP contribution is -1.90. The highest BCUT2D eigenvalue weighted by molar-refractivity contribution is 5.39. The van der Waals surface area contributed by atoms with E-state index in [1.807, 2.05) is 45.0 Å². The van der Waals surface area contributed by atoms with Gasteiger partial charge in [-0.2, -0.15) is 0 Å². The van der Waals surface area contributed by atoms with Crippen LogP contribution in [0.4, 0.5) is 5.69 Å². The maximum Gasteiger partial charge on any atom is 0.113 e. The zero-order valence-corrected chi connectivity index (χ0v) is 9.21. The lowest BCUT2D eigenvalue weighted by atomic mass is 10.2. The first kappa shape index (κ1) is 12.6. The summed E-state index contributed by atoms with van der Waals surface area (Å²) in [5.74, 6) is 0.729. The first-order valence-corrected chi connectivity index (χ1v) is 4.81. The maximum atomic E-state index is 5.52. The van der Waals surface area contributed by atoms with Gasteiger partial charge in [-0.15, -0.1) is 0 Å². The normalized spacial score (nSPS) is 8.50. The molecule has 0 aromatic heterocycles. The van der Waals surface area contributed by atoms with Crippen LogP contribution in [0.1, 0.15) is 26.3 Å². The number of nitrogen functional groups attached to an aromatic ring is 1. The van der Waals surface area contributed by atoms with Crippen molar-refractivity contribution in [2.75, 3.05) is 5.73 Å². The number of allylic oxidation sites excluding steroid dienone is 1. The summed E-state index contributed by atoms with van der Waals surface area (Å²) in [5, 5.41) is 0. The third-order valence-electron chi connectivity index (χ3n) is 1.46. The monoisotopic (exact) mass is 193 g/mol. The molecule has 0 heterocycles. The summed E-state index contributed by atoms with van der Waals surface area (Å²) in [7, 11) is 0. The second kappa shape index (κ2) is 7.01. The molecule has 0 aliphatic heterocycles. The van der Waals surface area contributed by atoms with E-state index in [2.05, 4.69) is 6.58 Å². The topological polar surface area (TPSA) is 35.2 Å². The molecule has 0 amide bonds. The Balaban J connectivity index is 0.000000791. The predicted molar refractivity (Wildman–Crippen MR) is 61.8 cm³/mol. The minimum atomic E-state index is 0.565. The molecule has 0 aliphatic carbocycles. The van der Waals surface area contributed by atoms with Gasteiger partial charge in [0, 0.05) is 5.69 Å². The first-order chi connectivity index (χ1) is 6.68. The van der Waals surface area contributed by atoms with Crippen LogP contribution < -0.4 is 5.73 Å². The van der Waals surface area contributed by atoms with E-state index in [-0.39, 0.29) is 0 Å². The third kappa shape index (κ3) is 5.25. The van der Waals surface area contributed by atoms with Crippen molar-refractivity contribution in [2.45, 2.75) is 27.4 Å². The molecular formula is C12H19NO. The molecule has 0 aliphatic rings. The Hall–Kier alpha value is -1.44. The van der Waals surface area contributed by atoms with Gasteiger partial charge in [0.25, 0.3) is 0 Å². The Kier molecular flexibility index (Phi) is 6.29. The standard InChI is InChI=1S/C10H13NO.C2H6/c1-8(2)12-7-9-3-5-10(11)6-4-9;1-2/h3-6H,1,7,11H2,2H3;1-2H3. The number of anilines is 1. The van der Waals surface area contributed by atoms with E-state index in [1.54, 1.807) is 0 Å². The third-order valence-corrected chi connectivity index (χ3v) is 1.46. The van der Waals surface area contributed by atoms with Crippen LogP contribution in [0.5, 0.6) is 0 Å². The molecule has 2 nitrogen and oxygen atoms in total. The number of hydrogen-bond donors (Lipinski definition) is 1. The van der Waals surface area contributed by atoms with E-state index in [4.69, 9.17) is 10.5 Å². The number of ether oxygens (including phenoxy) is 1. The zero-order chi connectivity index (χ0) is 11.0. The van der Waals surface area contributed by atoms with Crippen molar-refractivity contribution in [3.63, 3.8) is 0 Å². The molecule has 1 aromatic carbocycles. The lowest BCUT2D eigenvalue weighted by molar-refractivity contribution is 0.202. The van der Waals surface area contributed by atoms with Crippen LogP contribution in [0.2, 0.25) is 0 Å². The van der Waals surface area contributed by atoms with Gasteiger partial charge in [-0.3, -0.25) is 0 Å². The van der Waals surface area contributed by atoms with Gasteiger partial charge in [0.15, 0.2) is 0 Å². The zero-order valence-electron chi connectivity index (χ0n) is 9.21. The van der Waals surface area contributed by atoms with Crippen LogP contribution in [0.15, 0.2) is 36.6 Å². The molecule has 78 valence electrons. The van der Waals surface area contributed by atoms with Gasteiger partial charge < -0.3 is 10.5 Å². The molecule has 0 saturated heterocycles. The van der Waals surface area contributed by atoms with E-state index in [0.717, 1.165) is 17.0 Å². The van der Waals surface area contributed by atoms with Crippen molar-refractivity contribution in [2.24, 2.45) is 0 Å². The SMILES string of the molecule is C=C(C)OCc1ccc(N)cc1.CC. The summed E-state index contributed by atoms with van der Waals surface area (Å²) in [6.07, 6.45) is 0. The quantitative estimate of drug-likeness (QED) is 0.590. The highest BCUT2D eigenvalue weighted by atomic mass is 16.5. The van der Waals surface area contributed by atoms with Crippen molar-refractivity contribution in [1.29, 1.82) is 0 Å². The van der Waals surface area contributed by atoms with E-state index in [1.165, 1.54) is 0 Å². The Morgan fingerprint density at radius 1 is 1.29 bits per heavy atom. The van der Waals surface area contributed by atoms with Gasteiger partial charge in [-0.1, -0.05) is 32.6 Å². The summed E-state index contributed by atoms with van der Waals surface area (Å²) >= 11 is 0. The van der Waals surface area contributed by atoms with Gasteiger partial charge >= 0.3 is 0 Å². The van der Waals surface area contributed by atoms with E-state index in [9.17, 15) is 0 Å². The fraction of sp³-hybridized carbons (Fsp3) is 0.333. The van der Waals surface area contributed by atoms with Crippen molar-refractivity contribution >= 4 is 5.69 Å². The fourth-order valence-corrected chi connectivity index (χ4v) is 0.820. The summed E-state index contributed by atoms with van der Waals surface area (Å²) in [6.45, 7) is 10.0. The molecule has 0 atom stereocenters. The van der Waals surface area contributed by atoms with Crippen LogP contribution >= 0.6 is 0 Å². The molecule has 0 bridgehead atoms. The fourth-order valence-electron chi connectivity index (χ4n) is 0.820. The molecule has 0 saturated carbocycles. The van der Waals surface area contributed by atoms with Crippen LogP contribution in [0.25, 0.3) is 0 Å². The molecule has 1 aromatic rings. The van der Waals surface area contributed by atoms with Gasteiger partial charge in [-0.25, -0.2) is 0 Å². The minimum absolute atomic E-state index is 0.565. The smallest absolute Gasteiger partial charge is 0.113 e. The van der Waals surface area contributed by atoms with Crippen molar-refractivity contribution in [1.82, 2.24) is 0 Å². The van der Waals surface area contributed by atoms with Crippen LogP contribution in [0.3, 0.4) is 0 Å². The number of hydrogen-bond acceptors (Lipinski definition) is 2. The molecule has 14 heavy (non-hydrogen) atoms. The Morgan fingerprint density at radius 3 is 2.21 bits per heavy atom.